The number of halogens is 1. The van der Waals surface area contributed by atoms with Crippen LogP contribution in [-0.4, -0.2) is 57.0 Å². The Kier molecular flexibility index (Phi) is 7.96. The summed E-state index contributed by atoms with van der Waals surface area (Å²) in [6.07, 6.45) is 0.676. The molecule has 0 saturated carbocycles. The van der Waals surface area contributed by atoms with Gasteiger partial charge in [-0.2, -0.15) is 0 Å². The summed E-state index contributed by atoms with van der Waals surface area (Å²) in [6, 6.07) is 4.18. The SMILES string of the molecule is COc1cc(C)cc(OC)c1[C@@H](CCO)N1CCNCC1.Cl. The molecule has 1 atom stereocenters. The minimum atomic E-state index is 0. The molecule has 22 heavy (non-hydrogen) atoms. The van der Waals surface area contributed by atoms with Crippen molar-refractivity contribution in [2.45, 2.75) is 19.4 Å². The van der Waals surface area contributed by atoms with Crippen LogP contribution in [0.1, 0.15) is 23.6 Å². The largest absolute Gasteiger partial charge is 0.496 e. The second-order valence-electron chi connectivity index (χ2n) is 5.40. The lowest BCUT2D eigenvalue weighted by Crippen LogP contribution is -2.45. The van der Waals surface area contributed by atoms with Crippen molar-refractivity contribution in [2.75, 3.05) is 47.0 Å². The normalized spacial score (nSPS) is 16.7. The molecule has 0 bridgehead atoms. The maximum Gasteiger partial charge on any atom is 0.127 e. The first kappa shape index (κ1) is 19.0. The molecule has 1 aromatic carbocycles. The number of aliphatic hydroxyl groups excluding tert-OH is 1. The molecule has 2 N–H and O–H groups in total. The van der Waals surface area contributed by atoms with Crippen molar-refractivity contribution in [1.29, 1.82) is 0 Å². The van der Waals surface area contributed by atoms with Gasteiger partial charge in [-0.15, -0.1) is 12.4 Å². The van der Waals surface area contributed by atoms with Crippen LogP contribution in [0.4, 0.5) is 0 Å². The van der Waals surface area contributed by atoms with Crippen LogP contribution in [0.15, 0.2) is 12.1 Å². The van der Waals surface area contributed by atoms with Crippen LogP contribution < -0.4 is 14.8 Å². The summed E-state index contributed by atoms with van der Waals surface area (Å²) < 4.78 is 11.2. The van der Waals surface area contributed by atoms with Gasteiger partial charge in [0.25, 0.3) is 0 Å². The van der Waals surface area contributed by atoms with E-state index in [4.69, 9.17) is 9.47 Å². The molecule has 5 nitrogen and oxygen atoms in total. The van der Waals surface area contributed by atoms with E-state index in [1.165, 1.54) is 0 Å². The molecule has 0 amide bonds. The van der Waals surface area contributed by atoms with Gasteiger partial charge >= 0.3 is 0 Å². The van der Waals surface area contributed by atoms with Gasteiger partial charge in [-0.25, -0.2) is 0 Å². The lowest BCUT2D eigenvalue weighted by atomic mass is 9.97. The number of methoxy groups -OCH3 is 2. The summed E-state index contributed by atoms with van der Waals surface area (Å²) in [5.74, 6) is 1.67. The molecule has 1 saturated heterocycles. The zero-order valence-corrected chi connectivity index (χ0v) is 14.4. The second-order valence-corrected chi connectivity index (χ2v) is 5.40. The molecule has 2 rings (SSSR count). The van der Waals surface area contributed by atoms with Crippen molar-refractivity contribution in [3.63, 3.8) is 0 Å². The summed E-state index contributed by atoms with van der Waals surface area (Å²) in [7, 11) is 3.37. The van der Waals surface area contributed by atoms with Crippen LogP contribution in [0.25, 0.3) is 0 Å². The number of benzene rings is 1. The zero-order valence-electron chi connectivity index (χ0n) is 13.6. The van der Waals surface area contributed by atoms with E-state index >= 15 is 0 Å². The van der Waals surface area contributed by atoms with Gasteiger partial charge in [0.2, 0.25) is 0 Å². The van der Waals surface area contributed by atoms with E-state index in [0.29, 0.717) is 6.42 Å². The lowest BCUT2D eigenvalue weighted by Gasteiger charge is -2.36. The van der Waals surface area contributed by atoms with Crippen LogP contribution in [0, 0.1) is 6.92 Å². The van der Waals surface area contributed by atoms with Crippen molar-refractivity contribution in [3.05, 3.63) is 23.3 Å². The predicted molar refractivity (Wildman–Crippen MR) is 90.4 cm³/mol. The molecule has 1 aliphatic heterocycles. The summed E-state index contributed by atoms with van der Waals surface area (Å²) in [5, 5.41) is 12.8. The van der Waals surface area contributed by atoms with E-state index in [-0.39, 0.29) is 25.1 Å². The van der Waals surface area contributed by atoms with Crippen molar-refractivity contribution in [2.24, 2.45) is 0 Å². The molecule has 0 unspecified atom stereocenters. The first-order valence-electron chi connectivity index (χ1n) is 7.49. The van der Waals surface area contributed by atoms with Crippen molar-refractivity contribution >= 4 is 12.4 Å². The Balaban J connectivity index is 0.00000242. The number of ether oxygens (including phenoxy) is 2. The number of rotatable bonds is 6. The van der Waals surface area contributed by atoms with Gasteiger partial charge in [0.15, 0.2) is 0 Å². The van der Waals surface area contributed by atoms with Crippen molar-refractivity contribution in [1.82, 2.24) is 10.2 Å². The zero-order chi connectivity index (χ0) is 15.2. The van der Waals surface area contributed by atoms with Gasteiger partial charge in [-0.1, -0.05) is 0 Å². The average molecular weight is 331 g/mol. The third kappa shape index (κ3) is 4.26. The number of aryl methyl sites for hydroxylation is 1. The Morgan fingerprint density at radius 2 is 1.73 bits per heavy atom. The van der Waals surface area contributed by atoms with Gasteiger partial charge in [-0.3, -0.25) is 4.90 Å². The molecule has 1 aliphatic rings. The molecule has 6 heteroatoms. The first-order valence-corrected chi connectivity index (χ1v) is 7.49. The van der Waals surface area contributed by atoms with Crippen molar-refractivity contribution in [3.8, 4) is 11.5 Å². The Hall–Kier alpha value is -1.01. The highest BCUT2D eigenvalue weighted by Crippen LogP contribution is 2.39. The Bertz CT molecular complexity index is 440. The molecule has 1 aromatic rings. The Labute approximate surface area is 139 Å². The minimum Gasteiger partial charge on any atom is -0.496 e. The molecular weight excluding hydrogens is 304 g/mol. The van der Waals surface area contributed by atoms with E-state index in [1.807, 2.05) is 19.1 Å². The fraction of sp³-hybridized carbons (Fsp3) is 0.625. The number of aliphatic hydroxyl groups is 1. The first-order chi connectivity index (χ1) is 10.2. The molecule has 0 aromatic heterocycles. The number of nitrogens with one attached hydrogen (secondary N) is 1. The van der Waals surface area contributed by atoms with Crippen LogP contribution in [0.5, 0.6) is 11.5 Å². The number of hydrogen-bond donors (Lipinski definition) is 2. The molecule has 1 heterocycles. The van der Waals surface area contributed by atoms with Crippen LogP contribution in [-0.2, 0) is 0 Å². The average Bonchev–Trinajstić information content (AvgIpc) is 2.53. The quantitative estimate of drug-likeness (QED) is 0.832. The molecule has 0 spiro atoms. The summed E-state index contributed by atoms with van der Waals surface area (Å²) in [5.41, 5.74) is 2.15. The highest BCUT2D eigenvalue weighted by molar-refractivity contribution is 5.85. The predicted octanol–water partition coefficient (Wildman–Crippen LogP) is 1.76. The third-order valence-corrected chi connectivity index (χ3v) is 4.02. The van der Waals surface area contributed by atoms with Gasteiger partial charge in [0.1, 0.15) is 11.5 Å². The van der Waals surface area contributed by atoms with Gasteiger partial charge in [0.05, 0.1) is 19.8 Å². The van der Waals surface area contributed by atoms with Crippen LogP contribution in [0.2, 0.25) is 0 Å². The van der Waals surface area contributed by atoms with Crippen molar-refractivity contribution < 1.29 is 14.6 Å². The summed E-state index contributed by atoms with van der Waals surface area (Å²) in [6.45, 7) is 6.04. The standard InChI is InChI=1S/C16H26N2O3.ClH/c1-12-10-14(20-2)16(15(11-12)21-3)13(4-9-19)18-7-5-17-6-8-18;/h10-11,13,17,19H,4-9H2,1-3H3;1H/t13-;/m1./s1. The molecule has 0 aliphatic carbocycles. The van der Waals surface area contributed by atoms with Crippen LogP contribution in [0.3, 0.4) is 0 Å². The smallest absolute Gasteiger partial charge is 0.127 e. The number of piperazine rings is 1. The fourth-order valence-corrected chi connectivity index (χ4v) is 3.02. The van der Waals surface area contributed by atoms with Gasteiger partial charge < -0.3 is 19.9 Å². The highest BCUT2D eigenvalue weighted by Gasteiger charge is 2.27. The molecular formula is C16H27ClN2O3. The number of hydrogen-bond acceptors (Lipinski definition) is 5. The van der Waals surface area contributed by atoms with Gasteiger partial charge in [0, 0.05) is 38.8 Å². The van der Waals surface area contributed by atoms with E-state index in [0.717, 1.165) is 48.8 Å². The Morgan fingerprint density at radius 3 is 2.18 bits per heavy atom. The van der Waals surface area contributed by atoms with E-state index in [2.05, 4.69) is 10.2 Å². The van der Waals surface area contributed by atoms with Crippen LogP contribution >= 0.6 is 12.4 Å². The Morgan fingerprint density at radius 1 is 1.18 bits per heavy atom. The van der Waals surface area contributed by atoms with Gasteiger partial charge in [-0.05, 0) is 31.0 Å². The second kappa shape index (κ2) is 9.20. The maximum absolute atomic E-state index is 9.49. The molecule has 1 fully saturated rings. The molecule has 0 radical (unpaired) electrons. The van der Waals surface area contributed by atoms with E-state index in [9.17, 15) is 5.11 Å². The minimum absolute atomic E-state index is 0. The summed E-state index contributed by atoms with van der Waals surface area (Å²) >= 11 is 0. The lowest BCUT2D eigenvalue weighted by molar-refractivity contribution is 0.136. The van der Waals surface area contributed by atoms with E-state index < -0.39 is 0 Å². The maximum atomic E-state index is 9.49. The fourth-order valence-electron chi connectivity index (χ4n) is 3.02. The number of nitrogens with zero attached hydrogens (tertiary/aromatic N) is 1. The summed E-state index contributed by atoms with van der Waals surface area (Å²) in [4.78, 5) is 2.39. The topological polar surface area (TPSA) is 54.0 Å². The molecule has 126 valence electrons. The monoisotopic (exact) mass is 330 g/mol. The highest BCUT2D eigenvalue weighted by atomic mass is 35.5. The van der Waals surface area contributed by atoms with E-state index in [1.54, 1.807) is 14.2 Å². The third-order valence-electron chi connectivity index (χ3n) is 4.02.